The number of hydrogen-bond donors (Lipinski definition) is 1. The summed E-state index contributed by atoms with van der Waals surface area (Å²) in [5, 5.41) is 4.25. The number of aromatic nitrogens is 1. The molecule has 0 unspecified atom stereocenters. The molecule has 0 aliphatic heterocycles. The molecule has 1 aliphatic rings. The zero-order valence-electron chi connectivity index (χ0n) is 13.5. The first-order valence-electron chi connectivity index (χ1n) is 8.18. The molecule has 22 heavy (non-hydrogen) atoms. The molecule has 0 radical (unpaired) electrons. The van der Waals surface area contributed by atoms with Crippen molar-refractivity contribution < 1.29 is 4.79 Å². The van der Waals surface area contributed by atoms with E-state index in [0.717, 1.165) is 35.1 Å². The fourth-order valence-electron chi connectivity index (χ4n) is 3.46. The number of carbonyl (C=O) groups excluding carboxylic acids is 1. The Balaban J connectivity index is 1.71. The maximum absolute atomic E-state index is 12.5. The molecular formula is C19H24N2O. The molecule has 1 heterocycles. The van der Waals surface area contributed by atoms with Crippen LogP contribution in [0.1, 0.15) is 48.2 Å². The standard InChI is InChI=1S/C19H24N2O/c1-14-16-10-6-7-11-17(16)21(2)18(14)19(22)20-13-12-15-8-4-3-5-9-15/h6-8,10-11H,3-5,9,12-13H2,1-2H3,(H,20,22). The highest BCUT2D eigenvalue weighted by Gasteiger charge is 2.17. The van der Waals surface area contributed by atoms with Gasteiger partial charge in [-0.25, -0.2) is 0 Å². The third-order valence-electron chi connectivity index (χ3n) is 4.69. The maximum atomic E-state index is 12.5. The Bertz CT molecular complexity index is 685. The number of para-hydroxylation sites is 1. The van der Waals surface area contributed by atoms with Gasteiger partial charge in [-0.3, -0.25) is 4.79 Å². The minimum atomic E-state index is 0.0348. The van der Waals surface area contributed by atoms with E-state index in [9.17, 15) is 4.79 Å². The van der Waals surface area contributed by atoms with Gasteiger partial charge in [0.05, 0.1) is 0 Å². The smallest absolute Gasteiger partial charge is 0.268 e. The minimum absolute atomic E-state index is 0.0348. The van der Waals surface area contributed by atoms with Crippen LogP contribution in [0.5, 0.6) is 0 Å². The number of fused-ring (bicyclic) bond motifs is 1. The predicted octanol–water partition coefficient (Wildman–Crippen LogP) is 4.11. The maximum Gasteiger partial charge on any atom is 0.268 e. The molecule has 0 atom stereocenters. The van der Waals surface area contributed by atoms with Crippen LogP contribution < -0.4 is 5.32 Å². The number of nitrogens with zero attached hydrogens (tertiary/aromatic N) is 1. The summed E-state index contributed by atoms with van der Waals surface area (Å²) in [5.41, 5.74) is 4.45. The summed E-state index contributed by atoms with van der Waals surface area (Å²) in [4.78, 5) is 12.5. The molecule has 1 N–H and O–H groups in total. The van der Waals surface area contributed by atoms with Crippen molar-refractivity contribution in [2.75, 3.05) is 6.54 Å². The van der Waals surface area contributed by atoms with Crippen molar-refractivity contribution >= 4 is 16.8 Å². The van der Waals surface area contributed by atoms with Crippen LogP contribution in [0.25, 0.3) is 10.9 Å². The van der Waals surface area contributed by atoms with Crippen LogP contribution in [0.3, 0.4) is 0 Å². The van der Waals surface area contributed by atoms with Crippen LogP contribution in [0.4, 0.5) is 0 Å². The van der Waals surface area contributed by atoms with Gasteiger partial charge in [0.25, 0.3) is 5.91 Å². The van der Waals surface area contributed by atoms with Crippen molar-refractivity contribution in [3.8, 4) is 0 Å². The first-order valence-corrected chi connectivity index (χ1v) is 8.18. The number of nitrogens with one attached hydrogen (secondary N) is 1. The van der Waals surface area contributed by atoms with Crippen LogP contribution in [-0.2, 0) is 7.05 Å². The summed E-state index contributed by atoms with van der Waals surface area (Å²) in [7, 11) is 1.97. The van der Waals surface area contributed by atoms with Gasteiger partial charge in [0.2, 0.25) is 0 Å². The topological polar surface area (TPSA) is 34.0 Å². The molecule has 3 heteroatoms. The van der Waals surface area contributed by atoms with Crippen molar-refractivity contribution in [1.82, 2.24) is 9.88 Å². The Morgan fingerprint density at radius 2 is 2.09 bits per heavy atom. The molecule has 116 valence electrons. The van der Waals surface area contributed by atoms with Gasteiger partial charge in [0.15, 0.2) is 0 Å². The van der Waals surface area contributed by atoms with Crippen molar-refractivity contribution in [3.05, 3.63) is 47.2 Å². The predicted molar refractivity (Wildman–Crippen MR) is 91.2 cm³/mol. The molecular weight excluding hydrogens is 272 g/mol. The van der Waals surface area contributed by atoms with E-state index < -0.39 is 0 Å². The summed E-state index contributed by atoms with van der Waals surface area (Å²) in [6.45, 7) is 2.76. The highest BCUT2D eigenvalue weighted by Crippen LogP contribution is 2.24. The van der Waals surface area contributed by atoms with Crippen LogP contribution in [0.15, 0.2) is 35.9 Å². The summed E-state index contributed by atoms with van der Waals surface area (Å²) in [5.74, 6) is 0.0348. The van der Waals surface area contributed by atoms with Gasteiger partial charge in [-0.15, -0.1) is 0 Å². The lowest BCUT2D eigenvalue weighted by Crippen LogP contribution is -2.27. The van der Waals surface area contributed by atoms with E-state index in [1.165, 1.54) is 31.3 Å². The molecule has 1 aromatic heterocycles. The van der Waals surface area contributed by atoms with E-state index in [4.69, 9.17) is 0 Å². The molecule has 3 rings (SSSR count). The van der Waals surface area contributed by atoms with Crippen molar-refractivity contribution in [3.63, 3.8) is 0 Å². The molecule has 1 aliphatic carbocycles. The largest absolute Gasteiger partial charge is 0.350 e. The zero-order valence-corrected chi connectivity index (χ0v) is 13.5. The average molecular weight is 296 g/mol. The lowest BCUT2D eigenvalue weighted by Gasteiger charge is -2.13. The molecule has 0 saturated carbocycles. The lowest BCUT2D eigenvalue weighted by molar-refractivity contribution is 0.0945. The highest BCUT2D eigenvalue weighted by atomic mass is 16.1. The number of carbonyl (C=O) groups is 1. The number of hydrogen-bond acceptors (Lipinski definition) is 1. The van der Waals surface area contributed by atoms with E-state index in [-0.39, 0.29) is 5.91 Å². The van der Waals surface area contributed by atoms with Gasteiger partial charge in [0.1, 0.15) is 5.69 Å². The summed E-state index contributed by atoms with van der Waals surface area (Å²) in [6.07, 6.45) is 8.33. The molecule has 0 fully saturated rings. The van der Waals surface area contributed by atoms with Gasteiger partial charge < -0.3 is 9.88 Å². The van der Waals surface area contributed by atoms with Crippen molar-refractivity contribution in [2.24, 2.45) is 7.05 Å². The third kappa shape index (κ3) is 2.80. The molecule has 1 amide bonds. The fraction of sp³-hybridized carbons (Fsp3) is 0.421. The first kappa shape index (κ1) is 14.9. The molecule has 2 aromatic rings. The number of benzene rings is 1. The average Bonchev–Trinajstić information content (AvgIpc) is 2.80. The minimum Gasteiger partial charge on any atom is -0.350 e. The van der Waals surface area contributed by atoms with Crippen LogP contribution in [0, 0.1) is 6.92 Å². The molecule has 1 aromatic carbocycles. The Morgan fingerprint density at radius 1 is 1.27 bits per heavy atom. The number of aryl methyl sites for hydroxylation is 2. The Morgan fingerprint density at radius 3 is 2.82 bits per heavy atom. The molecule has 0 saturated heterocycles. The first-order chi connectivity index (χ1) is 10.7. The van der Waals surface area contributed by atoms with Gasteiger partial charge in [0, 0.05) is 24.5 Å². The van der Waals surface area contributed by atoms with Crippen molar-refractivity contribution in [1.29, 1.82) is 0 Å². The highest BCUT2D eigenvalue weighted by molar-refractivity contribution is 6.01. The summed E-state index contributed by atoms with van der Waals surface area (Å²) >= 11 is 0. The van der Waals surface area contributed by atoms with Crippen LogP contribution in [0.2, 0.25) is 0 Å². The third-order valence-corrected chi connectivity index (χ3v) is 4.69. The second-order valence-electron chi connectivity index (χ2n) is 6.16. The van der Waals surface area contributed by atoms with E-state index in [1.54, 1.807) is 0 Å². The second-order valence-corrected chi connectivity index (χ2v) is 6.16. The normalized spacial score (nSPS) is 14.9. The summed E-state index contributed by atoms with van der Waals surface area (Å²) in [6, 6.07) is 8.17. The number of allylic oxidation sites excluding steroid dienone is 1. The zero-order chi connectivity index (χ0) is 15.5. The molecule has 0 bridgehead atoms. The van der Waals surface area contributed by atoms with E-state index in [0.29, 0.717) is 0 Å². The Hall–Kier alpha value is -2.03. The Labute approximate surface area is 132 Å². The van der Waals surface area contributed by atoms with Crippen LogP contribution in [-0.4, -0.2) is 17.0 Å². The summed E-state index contributed by atoms with van der Waals surface area (Å²) < 4.78 is 2.00. The number of rotatable bonds is 4. The molecule has 0 spiro atoms. The fourth-order valence-corrected chi connectivity index (χ4v) is 3.46. The Kier molecular flexibility index (Phi) is 4.32. The van der Waals surface area contributed by atoms with Gasteiger partial charge in [-0.1, -0.05) is 29.8 Å². The van der Waals surface area contributed by atoms with E-state index in [1.807, 2.05) is 30.7 Å². The molecule has 3 nitrogen and oxygen atoms in total. The quantitative estimate of drug-likeness (QED) is 0.847. The van der Waals surface area contributed by atoms with Crippen molar-refractivity contribution in [2.45, 2.75) is 39.0 Å². The van der Waals surface area contributed by atoms with Gasteiger partial charge in [-0.2, -0.15) is 0 Å². The van der Waals surface area contributed by atoms with Gasteiger partial charge in [-0.05, 0) is 50.7 Å². The van der Waals surface area contributed by atoms with Crippen LogP contribution >= 0.6 is 0 Å². The lowest BCUT2D eigenvalue weighted by atomic mass is 9.97. The monoisotopic (exact) mass is 296 g/mol. The SMILES string of the molecule is Cc1c(C(=O)NCCC2=CCCCC2)n(C)c2ccccc12. The van der Waals surface area contributed by atoms with E-state index in [2.05, 4.69) is 23.5 Å². The second kappa shape index (κ2) is 6.39. The van der Waals surface area contributed by atoms with Gasteiger partial charge >= 0.3 is 0 Å². The number of amides is 1. The van der Waals surface area contributed by atoms with E-state index >= 15 is 0 Å².